The summed E-state index contributed by atoms with van der Waals surface area (Å²) in [5.74, 6) is -2.68. The minimum atomic E-state index is -1.11. The van der Waals surface area contributed by atoms with Crippen LogP contribution in [-0.2, 0) is 24.5 Å². The number of amides is 4. The molecule has 224 valence electrons. The fourth-order valence-corrected chi connectivity index (χ4v) is 5.80. The molecule has 2 heterocycles. The monoisotopic (exact) mass is 583 g/mol. The van der Waals surface area contributed by atoms with Crippen molar-refractivity contribution in [2.75, 3.05) is 33.3 Å². The largest absolute Gasteiger partial charge is 0.468 e. The maximum absolute atomic E-state index is 14.0. The highest BCUT2D eigenvalue weighted by Gasteiger charge is 2.44. The molecular weight excluding hydrogens is 548 g/mol. The van der Waals surface area contributed by atoms with Crippen LogP contribution in [-0.4, -0.2) is 79.3 Å². The Balaban J connectivity index is 1.40. The molecular formula is C30H35F2N5O5. The van der Waals surface area contributed by atoms with Crippen molar-refractivity contribution in [2.45, 2.75) is 50.1 Å². The molecule has 2 atom stereocenters. The number of esters is 1. The number of carbonyl (C=O) groups excluding carboxylic acids is 4. The summed E-state index contributed by atoms with van der Waals surface area (Å²) in [6.07, 6.45) is 2.26. The van der Waals surface area contributed by atoms with Gasteiger partial charge >= 0.3 is 12.0 Å². The number of likely N-dealkylation sites (N-methyl/N-ethyl adjacent to an activating group) is 1. The molecule has 2 aromatic rings. The van der Waals surface area contributed by atoms with Crippen molar-refractivity contribution in [2.24, 2.45) is 4.99 Å². The summed E-state index contributed by atoms with van der Waals surface area (Å²) in [6, 6.07) is 10.1. The SMILES string of the molecule is CCN(C(=O)CCCN1CCC(C(=O)OC)(c2ccccc2)CC1)C1=NC(=O)NC(c2ccc(F)c(F)c2)C1NC=O. The van der Waals surface area contributed by atoms with E-state index in [1.165, 1.54) is 18.1 Å². The van der Waals surface area contributed by atoms with Gasteiger partial charge in [0.15, 0.2) is 11.6 Å². The average Bonchev–Trinajstić information content (AvgIpc) is 3.00. The lowest BCUT2D eigenvalue weighted by Crippen LogP contribution is -2.58. The van der Waals surface area contributed by atoms with Gasteiger partial charge in [0.1, 0.15) is 11.9 Å². The van der Waals surface area contributed by atoms with Crippen LogP contribution in [0.3, 0.4) is 0 Å². The molecule has 42 heavy (non-hydrogen) atoms. The van der Waals surface area contributed by atoms with Crippen molar-refractivity contribution in [3.8, 4) is 0 Å². The van der Waals surface area contributed by atoms with Crippen LogP contribution in [0.2, 0.25) is 0 Å². The normalized spacial score (nSPS) is 20.2. The number of hydrogen-bond donors (Lipinski definition) is 2. The Morgan fingerprint density at radius 3 is 2.50 bits per heavy atom. The number of urea groups is 1. The minimum absolute atomic E-state index is 0.0248. The zero-order valence-electron chi connectivity index (χ0n) is 23.6. The summed E-state index contributed by atoms with van der Waals surface area (Å²) in [7, 11) is 1.40. The second-order valence-corrected chi connectivity index (χ2v) is 10.4. The number of hydrogen-bond acceptors (Lipinski definition) is 6. The Bertz CT molecular complexity index is 1330. The molecule has 2 aromatic carbocycles. The topological polar surface area (TPSA) is 120 Å². The van der Waals surface area contributed by atoms with Gasteiger partial charge < -0.3 is 20.3 Å². The lowest BCUT2D eigenvalue weighted by molar-refractivity contribution is -0.149. The lowest BCUT2D eigenvalue weighted by Gasteiger charge is -2.40. The number of amidine groups is 1. The molecule has 10 nitrogen and oxygen atoms in total. The van der Waals surface area contributed by atoms with Gasteiger partial charge in [0.05, 0.1) is 18.6 Å². The van der Waals surface area contributed by atoms with E-state index < -0.39 is 35.2 Å². The molecule has 0 spiro atoms. The fraction of sp³-hybridized carbons (Fsp3) is 0.433. The summed E-state index contributed by atoms with van der Waals surface area (Å²) in [6.45, 7) is 3.83. The Labute approximate surface area is 243 Å². The molecule has 2 N–H and O–H groups in total. The van der Waals surface area contributed by atoms with E-state index in [0.29, 0.717) is 45.3 Å². The highest BCUT2D eigenvalue weighted by molar-refractivity contribution is 6.08. The Hall–Kier alpha value is -4.19. The van der Waals surface area contributed by atoms with Gasteiger partial charge in [-0.15, -0.1) is 0 Å². The third-order valence-corrected chi connectivity index (χ3v) is 8.03. The van der Waals surface area contributed by atoms with E-state index in [4.69, 9.17) is 4.74 Å². The van der Waals surface area contributed by atoms with Gasteiger partial charge in [-0.2, -0.15) is 4.99 Å². The number of nitrogens with one attached hydrogen (secondary N) is 2. The maximum atomic E-state index is 14.0. The average molecular weight is 584 g/mol. The third-order valence-electron chi connectivity index (χ3n) is 8.03. The van der Waals surface area contributed by atoms with Crippen molar-refractivity contribution < 1.29 is 32.7 Å². The van der Waals surface area contributed by atoms with Crippen molar-refractivity contribution >= 4 is 30.2 Å². The van der Waals surface area contributed by atoms with Crippen LogP contribution in [0.1, 0.15) is 49.8 Å². The number of carbonyl (C=O) groups is 4. The van der Waals surface area contributed by atoms with Gasteiger partial charge in [-0.25, -0.2) is 13.6 Å². The van der Waals surface area contributed by atoms with E-state index in [9.17, 15) is 28.0 Å². The molecule has 0 aromatic heterocycles. The number of nitrogens with zero attached hydrogens (tertiary/aromatic N) is 3. The molecule has 2 aliphatic heterocycles. The highest BCUT2D eigenvalue weighted by atomic mass is 19.2. The van der Waals surface area contributed by atoms with Crippen LogP contribution in [0.15, 0.2) is 53.5 Å². The number of benzene rings is 2. The van der Waals surface area contributed by atoms with E-state index in [1.54, 1.807) is 6.92 Å². The van der Waals surface area contributed by atoms with E-state index in [1.807, 2.05) is 30.3 Å². The van der Waals surface area contributed by atoms with Gasteiger partial charge in [0, 0.05) is 13.0 Å². The number of methoxy groups -OCH3 is 1. The molecule has 2 unspecified atom stereocenters. The molecule has 0 bridgehead atoms. The van der Waals surface area contributed by atoms with Crippen molar-refractivity contribution in [1.82, 2.24) is 20.4 Å². The zero-order valence-corrected chi connectivity index (χ0v) is 23.6. The van der Waals surface area contributed by atoms with Gasteiger partial charge in [0.2, 0.25) is 12.3 Å². The fourth-order valence-electron chi connectivity index (χ4n) is 5.80. The molecule has 12 heteroatoms. The Kier molecular flexibility index (Phi) is 10.00. The predicted octanol–water partition coefficient (Wildman–Crippen LogP) is 3.08. The Morgan fingerprint density at radius 1 is 1.17 bits per heavy atom. The Morgan fingerprint density at radius 2 is 1.88 bits per heavy atom. The van der Waals surface area contributed by atoms with Crippen LogP contribution in [0.4, 0.5) is 13.6 Å². The third kappa shape index (κ3) is 6.48. The van der Waals surface area contributed by atoms with Crippen LogP contribution in [0, 0.1) is 11.6 Å². The van der Waals surface area contributed by atoms with Crippen LogP contribution in [0.5, 0.6) is 0 Å². The molecule has 0 saturated carbocycles. The zero-order chi connectivity index (χ0) is 30.3. The maximum Gasteiger partial charge on any atom is 0.343 e. The number of halogens is 2. The summed E-state index contributed by atoms with van der Waals surface area (Å²) < 4.78 is 32.7. The van der Waals surface area contributed by atoms with Gasteiger partial charge in [-0.1, -0.05) is 36.4 Å². The first-order valence-corrected chi connectivity index (χ1v) is 13.9. The smallest absolute Gasteiger partial charge is 0.343 e. The van der Waals surface area contributed by atoms with Gasteiger partial charge in [-0.05, 0) is 69.1 Å². The summed E-state index contributed by atoms with van der Waals surface area (Å²) in [5, 5.41) is 5.13. The number of ether oxygens (including phenoxy) is 1. The summed E-state index contributed by atoms with van der Waals surface area (Å²) in [5.41, 5.74) is 0.440. The predicted molar refractivity (Wildman–Crippen MR) is 150 cm³/mol. The van der Waals surface area contributed by atoms with Crippen LogP contribution in [0.25, 0.3) is 0 Å². The first-order valence-electron chi connectivity index (χ1n) is 13.9. The van der Waals surface area contributed by atoms with E-state index in [2.05, 4.69) is 20.5 Å². The molecule has 0 aliphatic carbocycles. The molecule has 4 amide bonds. The quantitative estimate of drug-likeness (QED) is 0.328. The minimum Gasteiger partial charge on any atom is -0.468 e. The molecule has 4 rings (SSSR count). The first-order chi connectivity index (χ1) is 20.2. The van der Waals surface area contributed by atoms with Gasteiger partial charge in [-0.3, -0.25) is 19.3 Å². The number of rotatable bonds is 10. The van der Waals surface area contributed by atoms with Crippen LogP contribution < -0.4 is 10.6 Å². The van der Waals surface area contributed by atoms with Gasteiger partial charge in [0.25, 0.3) is 0 Å². The highest BCUT2D eigenvalue weighted by Crippen LogP contribution is 2.37. The number of likely N-dealkylation sites (tertiary alicyclic amines) is 1. The van der Waals surface area contributed by atoms with Crippen molar-refractivity contribution in [3.63, 3.8) is 0 Å². The summed E-state index contributed by atoms with van der Waals surface area (Å²) >= 11 is 0. The molecule has 1 saturated heterocycles. The van der Waals surface area contributed by atoms with Crippen molar-refractivity contribution in [3.05, 3.63) is 71.3 Å². The molecule has 0 radical (unpaired) electrons. The van der Waals surface area contributed by atoms with Crippen molar-refractivity contribution in [1.29, 1.82) is 0 Å². The summed E-state index contributed by atoms with van der Waals surface area (Å²) in [4.78, 5) is 57.6. The second kappa shape index (κ2) is 13.6. The van der Waals surface area contributed by atoms with E-state index in [0.717, 1.165) is 17.7 Å². The standard InChI is InChI=1S/C30H35F2N5O5/c1-3-37(27-26(33-19-38)25(34-29(41)35-27)20-11-12-22(31)23(32)18-20)24(39)10-7-15-36-16-13-30(14-17-36,28(40)42-2)21-8-5-4-6-9-21/h4-6,8-9,11-12,18-19,25-26H,3,7,10,13-17H2,1-2H3,(H,33,38)(H,34,41). The second-order valence-electron chi connectivity index (χ2n) is 10.4. The molecule has 1 fully saturated rings. The lowest BCUT2D eigenvalue weighted by atomic mass is 9.72. The number of aliphatic imine (C=N–C) groups is 1. The number of piperidine rings is 1. The van der Waals surface area contributed by atoms with E-state index in [-0.39, 0.29) is 36.2 Å². The van der Waals surface area contributed by atoms with E-state index >= 15 is 0 Å². The van der Waals surface area contributed by atoms with Crippen LogP contribution >= 0.6 is 0 Å². The first kappa shape index (κ1) is 30.8. The molecule has 2 aliphatic rings.